The minimum atomic E-state index is -0.619. The molecule has 0 radical (unpaired) electrons. The quantitative estimate of drug-likeness (QED) is 0.0187. The van der Waals surface area contributed by atoms with Crippen LogP contribution in [0.5, 0.6) is 46.0 Å². The maximum absolute atomic E-state index is 15.4. The third-order valence-corrected chi connectivity index (χ3v) is 30.7. The number of ether oxygens (including phenoxy) is 8. The average molecular weight is 2040 g/mol. The summed E-state index contributed by atoms with van der Waals surface area (Å²) in [6, 6.07) is 17.7. The van der Waals surface area contributed by atoms with Crippen LogP contribution in [0.25, 0.3) is 11.1 Å². The molecule has 0 saturated heterocycles. The molecule has 146 heavy (non-hydrogen) atoms. The lowest BCUT2D eigenvalue weighted by atomic mass is 10.0. The van der Waals surface area contributed by atoms with Gasteiger partial charge in [0.1, 0.15) is 11.5 Å². The molecule has 0 atom stereocenters. The second-order valence-electron chi connectivity index (χ2n) is 44.8. The van der Waals surface area contributed by atoms with Crippen molar-refractivity contribution in [3.8, 4) is 57.1 Å². The monoisotopic (exact) mass is 2030 g/mol. The van der Waals surface area contributed by atoms with Crippen LogP contribution in [0.4, 0.5) is 11.4 Å². The van der Waals surface area contributed by atoms with E-state index in [0.29, 0.717) is 96.6 Å². The van der Waals surface area contributed by atoms with Crippen molar-refractivity contribution in [2.24, 2.45) is 0 Å². The number of hydrogen-bond acceptors (Lipinski definition) is 12. The molecule has 4 N–H and O–H groups in total. The molecule has 4 aromatic rings. The normalized spacial score (nSPS) is 11.5. The Labute approximate surface area is 903 Å². The van der Waals surface area contributed by atoms with Gasteiger partial charge in [-0.1, -0.05) is 619 Å². The smallest absolute Gasteiger partial charge is 0.343 e. The summed E-state index contributed by atoms with van der Waals surface area (Å²) in [5, 5.41) is 0. The van der Waals surface area contributed by atoms with Gasteiger partial charge in [0.25, 0.3) is 0 Å². The van der Waals surface area contributed by atoms with E-state index in [1.807, 2.05) is 12.1 Å². The first-order valence-electron chi connectivity index (χ1n) is 64.5. The van der Waals surface area contributed by atoms with Crippen LogP contribution in [0.3, 0.4) is 0 Å². The lowest BCUT2D eigenvalue weighted by Gasteiger charge is -2.20. The van der Waals surface area contributed by atoms with Crippen molar-refractivity contribution in [1.29, 1.82) is 0 Å². The molecule has 0 fully saturated rings. The van der Waals surface area contributed by atoms with Gasteiger partial charge in [-0.2, -0.15) is 0 Å². The van der Waals surface area contributed by atoms with Crippen LogP contribution in [0.1, 0.15) is 679 Å². The zero-order chi connectivity index (χ0) is 104. The zero-order valence-electron chi connectivity index (χ0n) is 97.1. The van der Waals surface area contributed by atoms with Gasteiger partial charge in [0.05, 0.1) is 50.8 Å². The molecule has 12 nitrogen and oxygen atoms in total. The first-order chi connectivity index (χ1) is 72.2. The maximum Gasteiger partial charge on any atom is 0.343 e. The predicted octanol–water partition coefficient (Wildman–Crippen LogP) is 44.8. The number of carbonyl (C=O) groups excluding carboxylic acids is 2. The highest BCUT2D eigenvalue weighted by molar-refractivity contribution is 5.96. The van der Waals surface area contributed by atoms with Crippen LogP contribution in [-0.4, -0.2) is 51.6 Å². The Bertz CT molecular complexity index is 3190. The minimum Gasteiger partial charge on any atom is -0.490 e. The van der Waals surface area contributed by atoms with Gasteiger partial charge in [-0.3, -0.25) is 0 Å². The first-order valence-corrected chi connectivity index (χ1v) is 64.5. The van der Waals surface area contributed by atoms with E-state index in [4.69, 9.17) is 49.4 Å². The lowest BCUT2D eigenvalue weighted by molar-refractivity contribution is 0.0722. The Morgan fingerprint density at radius 2 is 0.295 bits per heavy atom. The number of hydrogen-bond donors (Lipinski definition) is 2. The molecule has 0 aliphatic rings. The Hall–Kier alpha value is -5.78. The van der Waals surface area contributed by atoms with Gasteiger partial charge < -0.3 is 49.4 Å². The number of nitrogen functional groups attached to an aromatic ring is 2. The maximum atomic E-state index is 15.4. The third-order valence-electron chi connectivity index (χ3n) is 30.7. The Morgan fingerprint density at radius 1 is 0.164 bits per heavy atom. The lowest BCUT2D eigenvalue weighted by Crippen LogP contribution is -2.13. The van der Waals surface area contributed by atoms with Gasteiger partial charge in [-0.05, 0) is 87.1 Å². The molecule has 4 rings (SSSR count). The summed E-state index contributed by atoms with van der Waals surface area (Å²) in [4.78, 5) is 30.9. The van der Waals surface area contributed by atoms with Crippen LogP contribution in [0, 0.1) is 0 Å². The molecular formula is C134H236N2O10. The summed E-state index contributed by atoms with van der Waals surface area (Å²) in [5.41, 5.74) is 15.7. The highest BCUT2D eigenvalue weighted by Gasteiger charge is 2.27. The van der Waals surface area contributed by atoms with E-state index in [0.717, 1.165) is 103 Å². The fourth-order valence-corrected chi connectivity index (χ4v) is 21.1. The molecule has 0 saturated carbocycles. The van der Waals surface area contributed by atoms with Gasteiger partial charge >= 0.3 is 11.9 Å². The average Bonchev–Trinajstić information content (AvgIpc) is 0.780. The Balaban J connectivity index is 1.65. The van der Waals surface area contributed by atoms with Crippen molar-refractivity contribution in [1.82, 2.24) is 0 Å². The van der Waals surface area contributed by atoms with E-state index in [1.165, 1.54) is 514 Å². The van der Waals surface area contributed by atoms with Gasteiger partial charge in [-0.25, -0.2) is 9.59 Å². The Morgan fingerprint density at radius 3 is 0.438 bits per heavy atom. The molecule has 0 heterocycles. The van der Waals surface area contributed by atoms with Gasteiger partial charge in [0, 0.05) is 34.6 Å². The predicted molar refractivity (Wildman–Crippen MR) is 634 cm³/mol. The van der Waals surface area contributed by atoms with Gasteiger partial charge in [0.15, 0.2) is 23.0 Å². The fourth-order valence-electron chi connectivity index (χ4n) is 21.1. The zero-order valence-corrected chi connectivity index (χ0v) is 97.1. The molecule has 0 unspecified atom stereocenters. The number of unbranched alkanes of at least 4 members (excludes halogenated alkanes) is 90. The summed E-state index contributed by atoms with van der Waals surface area (Å²) in [6.45, 7) is 16.7. The molecule has 0 aromatic heterocycles. The molecule has 0 amide bonds. The summed E-state index contributed by atoms with van der Waals surface area (Å²) < 4.78 is 54.5. The van der Waals surface area contributed by atoms with E-state index in [1.54, 1.807) is 48.5 Å². The second kappa shape index (κ2) is 101. The molecule has 0 spiro atoms. The number of benzene rings is 4. The number of esters is 2. The summed E-state index contributed by atoms with van der Waals surface area (Å²) >= 11 is 0. The number of carbonyl (C=O) groups is 2. The van der Waals surface area contributed by atoms with Crippen LogP contribution in [0.15, 0.2) is 60.7 Å². The molecule has 4 aromatic carbocycles. The van der Waals surface area contributed by atoms with Crippen LogP contribution >= 0.6 is 0 Å². The molecule has 12 heteroatoms. The van der Waals surface area contributed by atoms with E-state index in [-0.39, 0.29) is 22.6 Å². The van der Waals surface area contributed by atoms with Crippen molar-refractivity contribution in [3.05, 3.63) is 71.8 Å². The van der Waals surface area contributed by atoms with Crippen molar-refractivity contribution < 1.29 is 47.5 Å². The topological polar surface area (TPSA) is 160 Å². The highest BCUT2D eigenvalue weighted by Crippen LogP contribution is 2.45. The van der Waals surface area contributed by atoms with E-state index < -0.39 is 11.9 Å². The van der Waals surface area contributed by atoms with E-state index in [9.17, 15) is 0 Å². The summed E-state index contributed by atoms with van der Waals surface area (Å²) in [7, 11) is 0. The molecular weight excluding hydrogens is 1800 g/mol. The number of rotatable bonds is 113. The van der Waals surface area contributed by atoms with Crippen molar-refractivity contribution in [2.75, 3.05) is 51.1 Å². The Kier molecular flexibility index (Phi) is 91.7. The highest BCUT2D eigenvalue weighted by atomic mass is 16.6. The van der Waals surface area contributed by atoms with Crippen molar-refractivity contribution >= 4 is 23.3 Å². The van der Waals surface area contributed by atoms with E-state index >= 15 is 9.59 Å². The van der Waals surface area contributed by atoms with Crippen LogP contribution < -0.4 is 49.4 Å². The fraction of sp³-hybridized carbons (Fsp3) is 0.806. The molecule has 0 aliphatic heterocycles. The minimum absolute atomic E-state index is 0.188. The SMILES string of the molecule is CCCCCCCCCCCCCCCCCCOc1cc(C(=O)Oc2cc(N)ccc2-c2ccc(N)cc2OC(=O)c2cc(OCCCCCCCCCCCCCCCCCC)c(OCCCCCCCCCCCCCCCCCC)c(OCCCCCCCCCCCCCCCCCC)c2)cc(OCCCCCCCCCCCCCCCCCC)c1OCCCCCCCCCCCCCCCCCC. The third kappa shape index (κ3) is 75.1. The summed E-state index contributed by atoms with van der Waals surface area (Å²) in [5.74, 6) is 2.16. The largest absolute Gasteiger partial charge is 0.490 e. The van der Waals surface area contributed by atoms with Crippen LogP contribution in [-0.2, 0) is 0 Å². The summed E-state index contributed by atoms with van der Waals surface area (Å²) in [6.07, 6.45) is 124. The van der Waals surface area contributed by atoms with Gasteiger partial charge in [-0.15, -0.1) is 0 Å². The van der Waals surface area contributed by atoms with Crippen molar-refractivity contribution in [2.45, 2.75) is 658 Å². The first kappa shape index (κ1) is 132. The molecule has 0 bridgehead atoms. The van der Waals surface area contributed by atoms with Crippen LogP contribution in [0.2, 0.25) is 0 Å². The number of nitrogens with two attached hydrogens (primary N) is 2. The van der Waals surface area contributed by atoms with Crippen molar-refractivity contribution in [3.63, 3.8) is 0 Å². The molecule has 842 valence electrons. The van der Waals surface area contributed by atoms with E-state index in [2.05, 4.69) is 41.5 Å². The van der Waals surface area contributed by atoms with Gasteiger partial charge in [0.2, 0.25) is 11.5 Å². The number of anilines is 2. The standard InChI is InChI=1S/C134H236N2O10/c1-7-13-19-25-31-37-43-49-55-61-67-73-79-85-91-97-107-139-127-113-119(114-128(140-108-98-92-86-80-74-68-62-56-50-44-38-32-26-20-14-8-2)131(127)143-111-101-95-89-83-77-71-65-59-53-47-41-35-29-23-17-11-5)133(137)145-125-117-121(135)103-105-123(125)124-106-104-122(136)118-126(124)146-134(138)120-115-129(141-109-99-93-87-81-75-69-63-57-51-45-39-33-27-21-15-9-3)132(144-112-102-96-90-84-78-72-66-60-54-48-42-36-30-24-18-12-6)130(116-120)142-110-100-94-88-82-76-70-64-58-52-46-40-34-28-22-16-10-4/h103-106,113-118H,7-102,107-112,135-136H2,1-6H3. The molecule has 0 aliphatic carbocycles. The second-order valence-corrected chi connectivity index (χ2v) is 44.8.